The van der Waals surface area contributed by atoms with Crippen molar-refractivity contribution >= 4 is 17.2 Å². The van der Waals surface area contributed by atoms with E-state index >= 15 is 0 Å². The number of hydrogen-bond acceptors (Lipinski definition) is 4. The Bertz CT molecular complexity index is 635. The van der Waals surface area contributed by atoms with E-state index in [1.165, 1.54) is 0 Å². The van der Waals surface area contributed by atoms with Crippen LogP contribution >= 0.6 is 12.2 Å². The number of hydrogen-bond donors (Lipinski definition) is 0. The second-order valence-electron chi connectivity index (χ2n) is 4.62. The van der Waals surface area contributed by atoms with E-state index in [0.717, 1.165) is 41.5 Å². The molecule has 0 amide bonds. The van der Waals surface area contributed by atoms with E-state index in [1.807, 2.05) is 28.9 Å². The molecule has 0 N–H and O–H groups in total. The highest BCUT2D eigenvalue weighted by molar-refractivity contribution is 7.80. The van der Waals surface area contributed by atoms with Crippen molar-refractivity contribution in [2.45, 2.75) is 18.9 Å². The molecule has 18 heavy (non-hydrogen) atoms. The molecule has 90 valence electrons. The van der Waals surface area contributed by atoms with E-state index < -0.39 is 0 Å². The fraction of sp³-hybridized carbons (Fsp3) is 0.333. The molecule has 1 aromatic heterocycles. The molecule has 5 nitrogen and oxygen atoms in total. The van der Waals surface area contributed by atoms with Crippen molar-refractivity contribution in [3.63, 3.8) is 0 Å². The van der Waals surface area contributed by atoms with Crippen LogP contribution in [0.2, 0.25) is 0 Å². The van der Waals surface area contributed by atoms with Gasteiger partial charge in [0.15, 0.2) is 5.82 Å². The summed E-state index contributed by atoms with van der Waals surface area (Å²) in [6, 6.07) is 8.28. The van der Waals surface area contributed by atoms with Gasteiger partial charge in [-0.05, 0) is 35.4 Å². The predicted octanol–water partition coefficient (Wildman–Crippen LogP) is 1.49. The van der Waals surface area contributed by atoms with Gasteiger partial charge < -0.3 is 4.90 Å². The Kier molecular flexibility index (Phi) is 2.02. The summed E-state index contributed by atoms with van der Waals surface area (Å²) in [7, 11) is 0. The number of fused-ring (bicyclic) bond motifs is 5. The molecule has 1 atom stereocenters. The first-order chi connectivity index (χ1) is 8.86. The zero-order valence-electron chi connectivity index (χ0n) is 9.65. The second kappa shape index (κ2) is 3.58. The van der Waals surface area contributed by atoms with Crippen LogP contribution in [0.25, 0.3) is 5.69 Å². The van der Waals surface area contributed by atoms with Crippen LogP contribution in [-0.2, 0) is 0 Å². The quantitative estimate of drug-likeness (QED) is 0.669. The van der Waals surface area contributed by atoms with Crippen LogP contribution in [0.5, 0.6) is 0 Å². The SMILES string of the molecule is S=C1c2ccccc2-n2nnnc2[C@@H]2CCCN12. The molecule has 1 saturated heterocycles. The van der Waals surface area contributed by atoms with E-state index in [-0.39, 0.29) is 6.04 Å². The average Bonchev–Trinajstić information content (AvgIpc) is 3.04. The van der Waals surface area contributed by atoms with Crippen molar-refractivity contribution in [2.75, 3.05) is 6.54 Å². The summed E-state index contributed by atoms with van der Waals surface area (Å²) in [5, 5.41) is 12.1. The van der Waals surface area contributed by atoms with Gasteiger partial charge in [0.25, 0.3) is 0 Å². The summed E-state index contributed by atoms with van der Waals surface area (Å²) in [6.45, 7) is 0.991. The highest BCUT2D eigenvalue weighted by Gasteiger charge is 2.36. The van der Waals surface area contributed by atoms with Gasteiger partial charge in [0.2, 0.25) is 0 Å². The molecule has 2 aliphatic rings. The Hall–Kier alpha value is -1.82. The van der Waals surface area contributed by atoms with Gasteiger partial charge in [-0.1, -0.05) is 24.4 Å². The molecule has 6 heteroatoms. The average molecular weight is 257 g/mol. The number of thiocarbonyl (C=S) groups is 1. The molecular formula is C12H11N5S. The molecule has 1 fully saturated rings. The van der Waals surface area contributed by atoms with Crippen molar-refractivity contribution in [2.24, 2.45) is 0 Å². The number of para-hydroxylation sites is 1. The van der Waals surface area contributed by atoms with Crippen LogP contribution in [-0.4, -0.2) is 36.6 Å². The third-order valence-electron chi connectivity index (χ3n) is 3.67. The van der Waals surface area contributed by atoms with Crippen molar-refractivity contribution in [3.05, 3.63) is 35.7 Å². The molecular weight excluding hydrogens is 246 g/mol. The zero-order chi connectivity index (χ0) is 12.1. The highest BCUT2D eigenvalue weighted by Crippen LogP contribution is 2.36. The minimum atomic E-state index is 0.222. The third kappa shape index (κ3) is 1.21. The normalized spacial score (nSPS) is 21.2. The molecule has 3 heterocycles. The molecule has 0 unspecified atom stereocenters. The Morgan fingerprint density at radius 1 is 1.28 bits per heavy atom. The number of benzene rings is 1. The lowest BCUT2D eigenvalue weighted by Gasteiger charge is -2.23. The van der Waals surface area contributed by atoms with Crippen LogP contribution in [0.3, 0.4) is 0 Å². The Morgan fingerprint density at radius 2 is 2.17 bits per heavy atom. The number of tetrazole rings is 1. The third-order valence-corrected chi connectivity index (χ3v) is 4.12. The van der Waals surface area contributed by atoms with Gasteiger partial charge in [-0.25, -0.2) is 0 Å². The highest BCUT2D eigenvalue weighted by atomic mass is 32.1. The van der Waals surface area contributed by atoms with Gasteiger partial charge in [-0.15, -0.1) is 5.10 Å². The lowest BCUT2D eigenvalue weighted by atomic mass is 10.1. The summed E-state index contributed by atoms with van der Waals surface area (Å²) in [6.07, 6.45) is 2.20. The van der Waals surface area contributed by atoms with E-state index in [9.17, 15) is 0 Å². The first-order valence-electron chi connectivity index (χ1n) is 6.05. The van der Waals surface area contributed by atoms with E-state index in [2.05, 4.69) is 20.4 Å². The number of nitrogens with zero attached hydrogens (tertiary/aromatic N) is 5. The molecule has 1 aromatic carbocycles. The largest absolute Gasteiger partial charge is 0.352 e. The van der Waals surface area contributed by atoms with Gasteiger partial charge in [0.05, 0.1) is 11.7 Å². The maximum atomic E-state index is 5.63. The van der Waals surface area contributed by atoms with Gasteiger partial charge in [-0.3, -0.25) is 0 Å². The van der Waals surface area contributed by atoms with Crippen LogP contribution < -0.4 is 0 Å². The van der Waals surface area contributed by atoms with Crippen molar-refractivity contribution < 1.29 is 0 Å². The minimum Gasteiger partial charge on any atom is -0.352 e. The van der Waals surface area contributed by atoms with Crippen molar-refractivity contribution in [1.82, 2.24) is 25.1 Å². The van der Waals surface area contributed by atoms with Gasteiger partial charge in [-0.2, -0.15) is 4.68 Å². The van der Waals surface area contributed by atoms with E-state index in [1.54, 1.807) is 0 Å². The first kappa shape index (κ1) is 10.1. The maximum absolute atomic E-state index is 5.63. The Balaban J connectivity index is 2.04. The van der Waals surface area contributed by atoms with Crippen LogP contribution in [0.1, 0.15) is 30.3 Å². The van der Waals surface area contributed by atoms with Gasteiger partial charge in [0, 0.05) is 12.1 Å². The molecule has 0 spiro atoms. The summed E-state index contributed by atoms with van der Waals surface area (Å²) in [5.74, 6) is 0.903. The first-order valence-corrected chi connectivity index (χ1v) is 6.46. The molecule has 0 radical (unpaired) electrons. The maximum Gasteiger partial charge on any atom is 0.179 e. The number of aromatic nitrogens is 4. The smallest absolute Gasteiger partial charge is 0.179 e. The minimum absolute atomic E-state index is 0.222. The second-order valence-corrected chi connectivity index (χ2v) is 5.01. The molecule has 2 aromatic rings. The Labute approximate surface area is 109 Å². The molecule has 0 saturated carbocycles. The fourth-order valence-electron chi connectivity index (χ4n) is 2.85. The van der Waals surface area contributed by atoms with Crippen LogP contribution in [0.4, 0.5) is 0 Å². The monoisotopic (exact) mass is 257 g/mol. The Morgan fingerprint density at radius 3 is 3.11 bits per heavy atom. The van der Waals surface area contributed by atoms with Crippen molar-refractivity contribution in [1.29, 1.82) is 0 Å². The summed E-state index contributed by atoms with van der Waals surface area (Å²) in [5.41, 5.74) is 2.03. The lowest BCUT2D eigenvalue weighted by molar-refractivity contribution is 0.389. The fourth-order valence-corrected chi connectivity index (χ4v) is 3.24. The van der Waals surface area contributed by atoms with Crippen LogP contribution in [0.15, 0.2) is 24.3 Å². The molecule has 0 bridgehead atoms. The van der Waals surface area contributed by atoms with Crippen molar-refractivity contribution in [3.8, 4) is 5.69 Å². The molecule has 4 rings (SSSR count). The standard InChI is InChI=1S/C12H11N5S/c18-12-8-4-1-2-5-9(8)17-11(13-14-15-17)10-6-3-7-16(10)12/h1-2,4-5,10H,3,6-7H2/t10-/m0/s1. The summed E-state index contributed by atoms with van der Waals surface area (Å²) in [4.78, 5) is 3.16. The molecule has 2 aliphatic heterocycles. The topological polar surface area (TPSA) is 46.8 Å². The van der Waals surface area contributed by atoms with Crippen LogP contribution in [0, 0.1) is 0 Å². The van der Waals surface area contributed by atoms with Gasteiger partial charge in [0.1, 0.15) is 4.99 Å². The van der Waals surface area contributed by atoms with E-state index in [0.29, 0.717) is 0 Å². The predicted molar refractivity (Wildman–Crippen MR) is 69.5 cm³/mol. The molecule has 0 aliphatic carbocycles. The van der Waals surface area contributed by atoms with E-state index in [4.69, 9.17) is 12.2 Å². The van der Waals surface area contributed by atoms with Gasteiger partial charge >= 0.3 is 0 Å². The number of rotatable bonds is 0. The summed E-state index contributed by atoms with van der Waals surface area (Å²) < 4.78 is 1.83. The lowest BCUT2D eigenvalue weighted by Crippen LogP contribution is -2.28. The zero-order valence-corrected chi connectivity index (χ0v) is 10.5. The summed E-state index contributed by atoms with van der Waals surface area (Å²) >= 11 is 5.63.